The monoisotopic (exact) mass is 615 g/mol. The van der Waals surface area contributed by atoms with Crippen LogP contribution in [0.4, 0.5) is 0 Å². The van der Waals surface area contributed by atoms with Crippen LogP contribution in [0.15, 0.2) is 23.5 Å². The number of nitrogens with two attached hydrogens (primary N) is 2. The summed E-state index contributed by atoms with van der Waals surface area (Å²) in [6.07, 6.45) is 5.75. The van der Waals surface area contributed by atoms with E-state index in [-0.39, 0.29) is 29.8 Å². The van der Waals surface area contributed by atoms with E-state index in [1.54, 1.807) is 24.1 Å². The maximum absolute atomic E-state index is 14.3. The Bertz CT molecular complexity index is 1330. The van der Waals surface area contributed by atoms with Crippen molar-refractivity contribution in [1.29, 1.82) is 0 Å². The second-order valence-electron chi connectivity index (χ2n) is 13.1. The van der Waals surface area contributed by atoms with Crippen LogP contribution in [0, 0.1) is 23.2 Å². The molecule has 11 nitrogen and oxygen atoms in total. The molecule has 5 aliphatic rings. The van der Waals surface area contributed by atoms with Gasteiger partial charge < -0.3 is 35.1 Å². The van der Waals surface area contributed by atoms with Gasteiger partial charge in [0.2, 0.25) is 11.8 Å². The minimum absolute atomic E-state index is 0.0595. The third kappa shape index (κ3) is 5.79. The molecular weight excluding hydrogens is 574 g/mol. The highest BCUT2D eigenvalue weighted by atomic mass is 35.5. The molecule has 2 amide bonds. The van der Waals surface area contributed by atoms with Crippen LogP contribution in [0.5, 0.6) is 5.75 Å². The van der Waals surface area contributed by atoms with Crippen LogP contribution in [0.2, 0.25) is 5.02 Å². The fourth-order valence-corrected chi connectivity index (χ4v) is 7.82. The maximum atomic E-state index is 14.3. The molecule has 3 aliphatic heterocycles. The number of aliphatic carboxylic acids is 1. The summed E-state index contributed by atoms with van der Waals surface area (Å²) >= 11 is 6.76. The van der Waals surface area contributed by atoms with Crippen molar-refractivity contribution in [3.8, 4) is 5.75 Å². The Hall–Kier alpha value is -3.02. The molecule has 3 unspecified atom stereocenters. The standard InChI is InChI=1S/C31H42ClN5O6/c1-35(34)28(18-14-42-15-18)23(33)16-43-25-7-6-22(32)21-8-11-37(29(39)19-4-2-3-5-20(19)30(40)41)24(27(21)25)13-36-17-31(9-10-31)12-26(36)38/h6-7,18-20,24H,2-5,8-17,33-34H2,1H3,(H,40,41)/b28-23-. The first-order chi connectivity index (χ1) is 20.6. The van der Waals surface area contributed by atoms with E-state index in [0.717, 1.165) is 42.5 Å². The lowest BCUT2D eigenvalue weighted by atomic mass is 9.77. The number of amides is 2. The van der Waals surface area contributed by atoms with Gasteiger partial charge in [0, 0.05) is 49.6 Å². The number of hydrazine groups is 1. The summed E-state index contributed by atoms with van der Waals surface area (Å²) in [7, 11) is 1.74. The molecule has 0 radical (unpaired) electrons. The lowest BCUT2D eigenvalue weighted by Gasteiger charge is -2.43. The molecule has 2 saturated heterocycles. The van der Waals surface area contributed by atoms with Crippen LogP contribution in [-0.2, 0) is 25.5 Å². The molecule has 0 bridgehead atoms. The molecule has 5 N–H and O–H groups in total. The topological polar surface area (TPSA) is 152 Å². The van der Waals surface area contributed by atoms with Crippen molar-refractivity contribution in [3.05, 3.63) is 39.7 Å². The van der Waals surface area contributed by atoms with Crippen molar-refractivity contribution in [2.24, 2.45) is 34.7 Å². The van der Waals surface area contributed by atoms with Crippen molar-refractivity contribution >= 4 is 29.4 Å². The van der Waals surface area contributed by atoms with E-state index in [0.29, 0.717) is 75.0 Å². The van der Waals surface area contributed by atoms with Gasteiger partial charge in [0.05, 0.1) is 42.5 Å². The van der Waals surface area contributed by atoms with Gasteiger partial charge in [-0.25, -0.2) is 5.84 Å². The van der Waals surface area contributed by atoms with Gasteiger partial charge in [-0.3, -0.25) is 14.4 Å². The molecule has 1 spiro atoms. The van der Waals surface area contributed by atoms with Gasteiger partial charge in [-0.2, -0.15) is 0 Å². The zero-order chi connectivity index (χ0) is 30.5. The molecular formula is C31H42ClN5O6. The zero-order valence-corrected chi connectivity index (χ0v) is 25.5. The first-order valence-electron chi connectivity index (χ1n) is 15.4. The maximum Gasteiger partial charge on any atom is 0.307 e. The highest BCUT2D eigenvalue weighted by Crippen LogP contribution is 2.54. The minimum Gasteiger partial charge on any atom is -0.487 e. The summed E-state index contributed by atoms with van der Waals surface area (Å²) in [6, 6.07) is 3.06. The third-order valence-corrected chi connectivity index (χ3v) is 10.5. The molecule has 3 atom stereocenters. The Balaban J connectivity index is 1.35. The lowest BCUT2D eigenvalue weighted by molar-refractivity contribution is -0.154. The Kier molecular flexibility index (Phi) is 8.25. The fourth-order valence-electron chi connectivity index (χ4n) is 7.56. The molecule has 3 heterocycles. The van der Waals surface area contributed by atoms with Crippen molar-refractivity contribution in [1.82, 2.24) is 14.8 Å². The molecule has 0 aromatic heterocycles. The summed E-state index contributed by atoms with van der Waals surface area (Å²) in [5.74, 6) is 4.41. The Morgan fingerprint density at radius 1 is 1.21 bits per heavy atom. The van der Waals surface area contributed by atoms with Gasteiger partial charge in [-0.15, -0.1) is 0 Å². The van der Waals surface area contributed by atoms with Gasteiger partial charge in [0.25, 0.3) is 0 Å². The molecule has 6 rings (SSSR count). The van der Waals surface area contributed by atoms with Crippen LogP contribution >= 0.6 is 11.6 Å². The van der Waals surface area contributed by atoms with Crippen LogP contribution in [0.3, 0.4) is 0 Å². The van der Waals surface area contributed by atoms with Crippen LogP contribution in [0.1, 0.15) is 62.1 Å². The zero-order valence-electron chi connectivity index (χ0n) is 24.7. The summed E-state index contributed by atoms with van der Waals surface area (Å²) in [4.78, 5) is 43.3. The van der Waals surface area contributed by atoms with Gasteiger partial charge in [0.1, 0.15) is 12.4 Å². The number of likely N-dealkylation sites (tertiary alicyclic amines) is 1. The Morgan fingerprint density at radius 2 is 1.93 bits per heavy atom. The van der Waals surface area contributed by atoms with E-state index in [9.17, 15) is 19.5 Å². The number of fused-ring (bicyclic) bond motifs is 1. The van der Waals surface area contributed by atoms with Gasteiger partial charge >= 0.3 is 5.97 Å². The van der Waals surface area contributed by atoms with Crippen molar-refractivity contribution < 1.29 is 29.0 Å². The van der Waals surface area contributed by atoms with Crippen molar-refractivity contribution in [2.45, 2.75) is 57.4 Å². The van der Waals surface area contributed by atoms with E-state index >= 15 is 0 Å². The predicted octanol–water partition coefficient (Wildman–Crippen LogP) is 2.67. The largest absolute Gasteiger partial charge is 0.487 e. The van der Waals surface area contributed by atoms with Crippen molar-refractivity contribution in [3.63, 3.8) is 0 Å². The summed E-state index contributed by atoms with van der Waals surface area (Å²) < 4.78 is 11.7. The molecule has 234 valence electrons. The highest BCUT2D eigenvalue weighted by molar-refractivity contribution is 6.31. The quantitative estimate of drug-likeness (QED) is 0.281. The number of nitrogens with zero attached hydrogens (tertiary/aromatic N) is 3. The number of carbonyl (C=O) groups is 3. The number of rotatable bonds is 9. The molecule has 1 aromatic carbocycles. The second kappa shape index (κ2) is 11.8. The lowest BCUT2D eigenvalue weighted by Crippen LogP contribution is -2.50. The van der Waals surface area contributed by atoms with E-state index in [4.69, 9.17) is 32.7 Å². The molecule has 2 aliphatic carbocycles. The number of carbonyl (C=O) groups excluding carboxylic acids is 2. The molecule has 4 fully saturated rings. The number of halogens is 1. The van der Waals surface area contributed by atoms with Crippen LogP contribution in [-0.4, -0.2) is 84.2 Å². The number of carboxylic acid groups (broad SMARTS) is 1. The summed E-state index contributed by atoms with van der Waals surface area (Å²) in [6.45, 7) is 2.51. The third-order valence-electron chi connectivity index (χ3n) is 10.1. The summed E-state index contributed by atoms with van der Waals surface area (Å²) in [5.41, 5.74) is 9.45. The summed E-state index contributed by atoms with van der Waals surface area (Å²) in [5, 5.41) is 12.0. The Labute approximate surface area is 257 Å². The van der Waals surface area contributed by atoms with Crippen LogP contribution in [0.25, 0.3) is 0 Å². The van der Waals surface area contributed by atoms with Gasteiger partial charge in [0.15, 0.2) is 0 Å². The van der Waals surface area contributed by atoms with Gasteiger partial charge in [-0.1, -0.05) is 24.4 Å². The van der Waals surface area contributed by atoms with Crippen molar-refractivity contribution in [2.75, 3.05) is 46.5 Å². The normalized spacial score (nSPS) is 27.0. The molecule has 2 saturated carbocycles. The van der Waals surface area contributed by atoms with E-state index in [2.05, 4.69) is 0 Å². The molecule has 43 heavy (non-hydrogen) atoms. The fraction of sp³-hybridized carbons (Fsp3) is 0.645. The predicted molar refractivity (Wildman–Crippen MR) is 159 cm³/mol. The first kappa shape index (κ1) is 30.0. The van der Waals surface area contributed by atoms with Crippen LogP contribution < -0.4 is 16.3 Å². The number of hydrogen-bond donors (Lipinski definition) is 3. The number of carboxylic acids is 1. The molecule has 1 aromatic rings. The average molecular weight is 616 g/mol. The number of hydrogen-bond acceptors (Lipinski definition) is 8. The SMILES string of the molecule is CN(N)/C(=C(\N)COc1ccc(Cl)c2c1C(CN1CC3(CC3)CC1=O)N(C(=O)C1CCCCC1C(=O)O)CC2)C1COC1. The van der Waals surface area contributed by atoms with E-state index in [1.807, 2.05) is 4.90 Å². The number of benzene rings is 1. The van der Waals surface area contributed by atoms with Gasteiger partial charge in [-0.05, 0) is 55.2 Å². The van der Waals surface area contributed by atoms with E-state index < -0.39 is 23.8 Å². The molecule has 12 heteroatoms. The second-order valence-corrected chi connectivity index (χ2v) is 13.5. The average Bonchev–Trinajstić information content (AvgIpc) is 3.64. The smallest absolute Gasteiger partial charge is 0.307 e. The Morgan fingerprint density at radius 3 is 2.53 bits per heavy atom. The first-order valence-corrected chi connectivity index (χ1v) is 15.8. The van der Waals surface area contributed by atoms with E-state index in [1.165, 1.54) is 5.01 Å². The minimum atomic E-state index is -0.927. The highest BCUT2D eigenvalue weighted by Gasteiger charge is 2.53. The number of ether oxygens (including phenoxy) is 2.